The minimum Gasteiger partial charge on any atom is -0.422 e. The van der Waals surface area contributed by atoms with Crippen molar-refractivity contribution >= 4 is 11.2 Å². The first-order chi connectivity index (χ1) is 12.8. The summed E-state index contributed by atoms with van der Waals surface area (Å²) in [6.45, 7) is 3.02. The second-order valence-electron chi connectivity index (χ2n) is 7.64. The van der Waals surface area contributed by atoms with Crippen molar-refractivity contribution in [3.05, 3.63) is 22.1 Å². The van der Waals surface area contributed by atoms with Gasteiger partial charge in [-0.1, -0.05) is 64.7 Å². The van der Waals surface area contributed by atoms with E-state index < -0.39 is 0 Å². The highest BCUT2D eigenvalue weighted by Gasteiger charge is 2.18. The van der Waals surface area contributed by atoms with E-state index in [-0.39, 0.29) is 5.56 Å². The Bertz CT molecular complexity index is 748. The number of aromatic nitrogens is 3. The van der Waals surface area contributed by atoms with Gasteiger partial charge >= 0.3 is 0 Å². The molecule has 0 amide bonds. The van der Waals surface area contributed by atoms with Crippen LogP contribution in [-0.4, -0.2) is 14.5 Å². The molecule has 1 aliphatic heterocycles. The third kappa shape index (κ3) is 4.95. The molecule has 0 fully saturated rings. The standard InChI is InChI=1S/C21H33N3O2/c1-2-3-4-5-6-7-8-9-10-11-15-18-23-19-20(26-18)22-17-14-12-13-16-24(17)21(19)25/h2-16H2,1H3. The van der Waals surface area contributed by atoms with Gasteiger partial charge < -0.3 is 4.42 Å². The third-order valence-electron chi connectivity index (χ3n) is 5.42. The molecule has 3 heterocycles. The van der Waals surface area contributed by atoms with Crippen molar-refractivity contribution < 1.29 is 4.42 Å². The van der Waals surface area contributed by atoms with Gasteiger partial charge in [-0.3, -0.25) is 9.36 Å². The lowest BCUT2D eigenvalue weighted by Gasteiger charge is -2.15. The second-order valence-corrected chi connectivity index (χ2v) is 7.64. The van der Waals surface area contributed by atoms with Gasteiger partial charge in [0.05, 0.1) is 0 Å². The first-order valence-corrected chi connectivity index (χ1v) is 10.7. The molecule has 144 valence electrons. The fourth-order valence-electron chi connectivity index (χ4n) is 3.84. The highest BCUT2D eigenvalue weighted by Crippen LogP contribution is 2.17. The maximum atomic E-state index is 12.5. The van der Waals surface area contributed by atoms with Crippen LogP contribution in [0.5, 0.6) is 0 Å². The molecule has 2 aromatic rings. The Hall–Kier alpha value is -1.65. The zero-order valence-electron chi connectivity index (χ0n) is 16.3. The first-order valence-electron chi connectivity index (χ1n) is 10.7. The summed E-state index contributed by atoms with van der Waals surface area (Å²) in [7, 11) is 0. The predicted molar refractivity (Wildman–Crippen MR) is 105 cm³/mol. The van der Waals surface area contributed by atoms with Gasteiger partial charge in [0, 0.05) is 19.4 Å². The van der Waals surface area contributed by atoms with E-state index >= 15 is 0 Å². The summed E-state index contributed by atoms with van der Waals surface area (Å²) < 4.78 is 7.54. The van der Waals surface area contributed by atoms with Gasteiger partial charge in [0.25, 0.3) is 11.3 Å². The van der Waals surface area contributed by atoms with Crippen LogP contribution in [0.2, 0.25) is 0 Å². The van der Waals surface area contributed by atoms with E-state index in [1.54, 1.807) is 4.57 Å². The summed E-state index contributed by atoms with van der Waals surface area (Å²) in [5, 5.41) is 0. The van der Waals surface area contributed by atoms with Gasteiger partial charge in [0.2, 0.25) is 0 Å². The quantitative estimate of drug-likeness (QED) is 0.518. The van der Waals surface area contributed by atoms with Crippen molar-refractivity contribution in [1.82, 2.24) is 14.5 Å². The summed E-state index contributed by atoms with van der Waals surface area (Å²) in [5.74, 6) is 1.53. The van der Waals surface area contributed by atoms with Crippen molar-refractivity contribution in [2.24, 2.45) is 0 Å². The predicted octanol–water partition coefficient (Wildman–Crippen LogP) is 5.18. The van der Waals surface area contributed by atoms with Crippen molar-refractivity contribution in [2.45, 2.75) is 103 Å². The second kappa shape index (κ2) is 9.89. The van der Waals surface area contributed by atoms with Gasteiger partial charge in [-0.25, -0.2) is 4.98 Å². The van der Waals surface area contributed by atoms with Crippen LogP contribution in [0.25, 0.3) is 11.2 Å². The molecule has 5 nitrogen and oxygen atoms in total. The van der Waals surface area contributed by atoms with Gasteiger partial charge in [-0.2, -0.15) is 4.98 Å². The number of hydrogen-bond donors (Lipinski definition) is 0. The summed E-state index contributed by atoms with van der Waals surface area (Å²) >= 11 is 0. The Kier molecular flexibility index (Phi) is 7.27. The normalized spacial score (nSPS) is 14.0. The number of aryl methyl sites for hydroxylation is 2. The van der Waals surface area contributed by atoms with E-state index in [4.69, 9.17) is 4.42 Å². The Morgan fingerprint density at radius 3 is 2.35 bits per heavy atom. The molecule has 0 atom stereocenters. The summed E-state index contributed by atoms with van der Waals surface area (Å²) in [5.41, 5.74) is 0.825. The van der Waals surface area contributed by atoms with Crippen LogP contribution in [0.15, 0.2) is 9.21 Å². The molecule has 0 bridgehead atoms. The van der Waals surface area contributed by atoms with Crippen LogP contribution in [0.1, 0.15) is 95.7 Å². The van der Waals surface area contributed by atoms with Crippen molar-refractivity contribution in [2.75, 3.05) is 0 Å². The minimum absolute atomic E-state index is 0.0252. The minimum atomic E-state index is -0.0252. The third-order valence-corrected chi connectivity index (χ3v) is 5.42. The van der Waals surface area contributed by atoms with E-state index in [1.165, 1.54) is 57.8 Å². The molecule has 5 heteroatoms. The molecule has 0 N–H and O–H groups in total. The van der Waals surface area contributed by atoms with Crippen molar-refractivity contribution in [1.29, 1.82) is 0 Å². The molecular formula is C21H33N3O2. The lowest BCUT2D eigenvalue weighted by Crippen LogP contribution is -2.28. The average Bonchev–Trinajstić information content (AvgIpc) is 3.06. The molecule has 0 aromatic carbocycles. The number of oxazole rings is 1. The van der Waals surface area contributed by atoms with Crippen molar-refractivity contribution in [3.63, 3.8) is 0 Å². The lowest BCUT2D eigenvalue weighted by molar-refractivity contribution is 0.479. The maximum absolute atomic E-state index is 12.5. The Balaban J connectivity index is 1.41. The van der Waals surface area contributed by atoms with Gasteiger partial charge in [0.1, 0.15) is 5.82 Å². The Morgan fingerprint density at radius 1 is 0.923 bits per heavy atom. The van der Waals surface area contributed by atoms with Gasteiger partial charge in [-0.15, -0.1) is 0 Å². The van der Waals surface area contributed by atoms with E-state index in [2.05, 4.69) is 16.9 Å². The van der Waals surface area contributed by atoms with Gasteiger partial charge in [-0.05, 0) is 19.3 Å². The van der Waals surface area contributed by atoms with Crippen LogP contribution in [0.4, 0.5) is 0 Å². The number of unbranched alkanes of at least 4 members (excludes halogenated alkanes) is 9. The highest BCUT2D eigenvalue weighted by atomic mass is 16.4. The highest BCUT2D eigenvalue weighted by molar-refractivity contribution is 5.66. The number of rotatable bonds is 11. The van der Waals surface area contributed by atoms with Crippen LogP contribution in [-0.2, 0) is 19.4 Å². The molecule has 0 spiro atoms. The fraction of sp³-hybridized carbons (Fsp3) is 0.762. The summed E-state index contributed by atoms with van der Waals surface area (Å²) in [6, 6.07) is 0. The van der Waals surface area contributed by atoms with Crippen molar-refractivity contribution in [3.8, 4) is 0 Å². The van der Waals surface area contributed by atoms with Gasteiger partial charge in [0.15, 0.2) is 11.4 Å². The molecule has 2 aromatic heterocycles. The zero-order chi connectivity index (χ0) is 18.2. The zero-order valence-corrected chi connectivity index (χ0v) is 16.3. The SMILES string of the molecule is CCCCCCCCCCCCc1nc2c(=O)n3c(nc2o1)CCCC3. The maximum Gasteiger partial charge on any atom is 0.283 e. The average molecular weight is 360 g/mol. The smallest absolute Gasteiger partial charge is 0.283 e. The fourth-order valence-corrected chi connectivity index (χ4v) is 3.84. The number of hydrogen-bond acceptors (Lipinski definition) is 4. The summed E-state index contributed by atoms with van der Waals surface area (Å²) in [6.07, 6.45) is 16.9. The monoisotopic (exact) mass is 359 g/mol. The lowest BCUT2D eigenvalue weighted by atomic mass is 10.1. The molecule has 0 saturated heterocycles. The first kappa shape index (κ1) is 19.1. The van der Waals surface area contributed by atoms with E-state index in [9.17, 15) is 4.79 Å². The Morgan fingerprint density at radius 2 is 1.62 bits per heavy atom. The topological polar surface area (TPSA) is 60.9 Å². The van der Waals surface area contributed by atoms with Crippen LogP contribution in [0, 0.1) is 0 Å². The summed E-state index contributed by atoms with van der Waals surface area (Å²) in [4.78, 5) is 21.5. The molecule has 26 heavy (non-hydrogen) atoms. The van der Waals surface area contributed by atoms with E-state index in [0.717, 1.165) is 44.5 Å². The molecule has 1 aliphatic rings. The molecular weight excluding hydrogens is 326 g/mol. The molecule has 0 unspecified atom stereocenters. The van der Waals surface area contributed by atoms with E-state index in [0.29, 0.717) is 17.1 Å². The van der Waals surface area contributed by atoms with Crippen LogP contribution in [0.3, 0.4) is 0 Å². The number of nitrogens with zero attached hydrogens (tertiary/aromatic N) is 3. The van der Waals surface area contributed by atoms with Crippen LogP contribution < -0.4 is 5.56 Å². The molecule has 0 aliphatic carbocycles. The number of fused-ring (bicyclic) bond motifs is 2. The van der Waals surface area contributed by atoms with Crippen LogP contribution >= 0.6 is 0 Å². The Labute approximate surface area is 156 Å². The molecule has 3 rings (SSSR count). The largest absolute Gasteiger partial charge is 0.422 e. The molecule has 0 radical (unpaired) electrons. The molecule has 0 saturated carbocycles. The van der Waals surface area contributed by atoms with E-state index in [1.807, 2.05) is 0 Å².